The van der Waals surface area contributed by atoms with Gasteiger partial charge >= 0.3 is 5.91 Å². The molecule has 2 aliphatic rings. The normalized spacial score (nSPS) is 20.3. The number of carbonyl (C=O) groups is 2. The molecule has 1 aromatic heterocycles. The van der Waals surface area contributed by atoms with Crippen LogP contribution in [0.2, 0.25) is 0 Å². The molecule has 0 bridgehead atoms. The number of fused-ring (bicyclic) bond motifs is 2. The predicted octanol–water partition coefficient (Wildman–Crippen LogP) is 4.96. The van der Waals surface area contributed by atoms with Gasteiger partial charge in [-0.3, -0.25) is 14.5 Å². The Hall–Kier alpha value is -4.37. The number of phenols is 1. The number of anilines is 1. The van der Waals surface area contributed by atoms with E-state index in [4.69, 9.17) is 9.47 Å². The third-order valence-electron chi connectivity index (χ3n) is 6.61. The monoisotopic (exact) mass is 514 g/mol. The third-order valence-corrected chi connectivity index (χ3v) is 7.63. The van der Waals surface area contributed by atoms with Crippen molar-refractivity contribution in [1.29, 1.82) is 0 Å². The Labute approximate surface area is 216 Å². The van der Waals surface area contributed by atoms with Crippen molar-refractivity contribution in [2.75, 3.05) is 12.0 Å². The number of nitrogens with zero attached hydrogens (tertiary/aromatic N) is 2. The number of phenolic OH excluding ortho intramolecular Hbond substituents is 1. The molecule has 37 heavy (non-hydrogen) atoms. The summed E-state index contributed by atoms with van der Waals surface area (Å²) in [6, 6.07) is 15.9. The Morgan fingerprint density at radius 2 is 1.89 bits per heavy atom. The van der Waals surface area contributed by atoms with Gasteiger partial charge in [0.05, 0.1) is 28.9 Å². The second kappa shape index (κ2) is 8.63. The molecule has 0 spiro atoms. The van der Waals surface area contributed by atoms with Crippen molar-refractivity contribution in [3.8, 4) is 17.2 Å². The molecule has 1 fully saturated rings. The van der Waals surface area contributed by atoms with E-state index in [0.717, 1.165) is 16.0 Å². The lowest BCUT2D eigenvalue weighted by molar-refractivity contribution is -0.132. The number of methoxy groups -OCH3 is 1. The molecule has 9 heteroatoms. The first-order valence-corrected chi connectivity index (χ1v) is 12.5. The maximum atomic E-state index is 13.4. The van der Waals surface area contributed by atoms with Crippen LogP contribution in [0.4, 0.5) is 5.13 Å². The van der Waals surface area contributed by atoms with Gasteiger partial charge in [0.25, 0.3) is 5.78 Å². The maximum Gasteiger partial charge on any atom is 0.301 e. The number of hydrogen-bond acceptors (Lipinski definition) is 8. The van der Waals surface area contributed by atoms with Crippen LogP contribution in [0, 0.1) is 0 Å². The standard InChI is InChI=1S/C28H22N2O6S/c1-14-11-17-12-16(5-10-21(17)36-14)25(32)23-24(15-3-6-18(31)7-4-15)30(27(34)26(23)33)28-29-20-9-8-19(35-2)13-22(20)37-28/h3-10,12-14,24,31-32H,11H2,1-2H3/b25-23+/t14-,24+/m0/s1. The van der Waals surface area contributed by atoms with Crippen LogP contribution >= 0.6 is 11.3 Å². The number of thiazole rings is 1. The molecule has 2 atom stereocenters. The zero-order valence-corrected chi connectivity index (χ0v) is 20.8. The Morgan fingerprint density at radius 1 is 1.11 bits per heavy atom. The number of benzene rings is 3. The van der Waals surface area contributed by atoms with E-state index in [-0.39, 0.29) is 23.2 Å². The van der Waals surface area contributed by atoms with E-state index in [9.17, 15) is 19.8 Å². The lowest BCUT2D eigenvalue weighted by atomic mass is 9.94. The number of hydrogen-bond donors (Lipinski definition) is 2. The van der Waals surface area contributed by atoms with Crippen LogP contribution in [0.15, 0.2) is 66.2 Å². The zero-order chi connectivity index (χ0) is 25.8. The lowest BCUT2D eigenvalue weighted by Crippen LogP contribution is -2.29. The molecular formula is C28H22N2O6S. The molecule has 0 saturated carbocycles. The van der Waals surface area contributed by atoms with Crippen LogP contribution in [0.3, 0.4) is 0 Å². The first-order valence-electron chi connectivity index (χ1n) is 11.7. The molecule has 6 rings (SSSR count). The summed E-state index contributed by atoms with van der Waals surface area (Å²) in [4.78, 5) is 32.8. The van der Waals surface area contributed by atoms with E-state index in [1.54, 1.807) is 49.6 Å². The van der Waals surface area contributed by atoms with E-state index in [2.05, 4.69) is 4.98 Å². The first kappa shape index (κ1) is 23.1. The van der Waals surface area contributed by atoms with E-state index < -0.39 is 17.7 Å². The minimum atomic E-state index is -0.938. The number of Topliss-reactive ketones (excluding diaryl/α,β-unsaturated/α-hetero) is 1. The van der Waals surface area contributed by atoms with Crippen LogP contribution < -0.4 is 14.4 Å². The number of ketones is 1. The summed E-state index contributed by atoms with van der Waals surface area (Å²) < 4.78 is 11.8. The molecule has 186 valence electrons. The van der Waals surface area contributed by atoms with Crippen LogP contribution in [0.25, 0.3) is 16.0 Å². The zero-order valence-electron chi connectivity index (χ0n) is 20.0. The van der Waals surface area contributed by atoms with Crippen molar-refractivity contribution in [3.63, 3.8) is 0 Å². The van der Waals surface area contributed by atoms with E-state index in [1.807, 2.05) is 13.0 Å². The second-order valence-corrected chi connectivity index (χ2v) is 10.1. The maximum absolute atomic E-state index is 13.4. The van der Waals surface area contributed by atoms with Gasteiger partial charge in [-0.2, -0.15) is 0 Å². The summed E-state index contributed by atoms with van der Waals surface area (Å²) in [5.41, 5.74) is 2.51. The molecule has 2 N–H and O–H groups in total. The van der Waals surface area contributed by atoms with Crippen molar-refractivity contribution >= 4 is 44.1 Å². The molecule has 2 aliphatic heterocycles. The quantitative estimate of drug-likeness (QED) is 0.225. The van der Waals surface area contributed by atoms with Crippen molar-refractivity contribution in [2.45, 2.75) is 25.5 Å². The fourth-order valence-electron chi connectivity index (χ4n) is 4.85. The summed E-state index contributed by atoms with van der Waals surface area (Å²) in [6.45, 7) is 1.96. The number of rotatable bonds is 4. The molecule has 0 aliphatic carbocycles. The minimum absolute atomic E-state index is 0.0210. The highest BCUT2D eigenvalue weighted by molar-refractivity contribution is 7.22. The highest BCUT2D eigenvalue weighted by Gasteiger charge is 2.48. The largest absolute Gasteiger partial charge is 0.508 e. The van der Waals surface area contributed by atoms with E-state index >= 15 is 0 Å². The molecule has 1 amide bonds. The van der Waals surface area contributed by atoms with Crippen LogP contribution in [-0.2, 0) is 16.0 Å². The topological polar surface area (TPSA) is 109 Å². The summed E-state index contributed by atoms with van der Waals surface area (Å²) in [5, 5.41) is 21.6. The number of carbonyl (C=O) groups excluding carboxylic acids is 2. The van der Waals surface area contributed by atoms with Crippen LogP contribution in [-0.4, -0.2) is 40.1 Å². The van der Waals surface area contributed by atoms with Crippen molar-refractivity contribution < 1.29 is 29.3 Å². The van der Waals surface area contributed by atoms with Gasteiger partial charge in [-0.1, -0.05) is 23.5 Å². The van der Waals surface area contributed by atoms with Gasteiger partial charge in [-0.15, -0.1) is 0 Å². The fraction of sp³-hybridized carbons (Fsp3) is 0.179. The fourth-order valence-corrected chi connectivity index (χ4v) is 5.87. The average Bonchev–Trinajstić information content (AvgIpc) is 3.55. The summed E-state index contributed by atoms with van der Waals surface area (Å²) >= 11 is 1.25. The molecule has 1 saturated heterocycles. The van der Waals surface area contributed by atoms with Crippen LogP contribution in [0.1, 0.15) is 29.7 Å². The van der Waals surface area contributed by atoms with Gasteiger partial charge in [0.2, 0.25) is 0 Å². The number of ether oxygens (including phenoxy) is 2. The average molecular weight is 515 g/mol. The van der Waals surface area contributed by atoms with Gasteiger partial charge < -0.3 is 19.7 Å². The van der Waals surface area contributed by atoms with E-state index in [0.29, 0.717) is 33.9 Å². The molecule has 0 unspecified atom stereocenters. The third kappa shape index (κ3) is 3.79. The Bertz CT molecular complexity index is 1610. The highest BCUT2D eigenvalue weighted by Crippen LogP contribution is 2.45. The number of amides is 1. The molecule has 3 heterocycles. The van der Waals surface area contributed by atoms with Crippen molar-refractivity contribution in [1.82, 2.24) is 4.98 Å². The molecule has 0 radical (unpaired) electrons. The number of aliphatic hydroxyl groups excluding tert-OH is 1. The van der Waals surface area contributed by atoms with Gasteiger partial charge in [-0.05, 0) is 66.6 Å². The Morgan fingerprint density at radius 3 is 2.65 bits per heavy atom. The number of aliphatic hydroxyl groups is 1. The van der Waals surface area contributed by atoms with Crippen molar-refractivity contribution in [3.05, 3.63) is 82.9 Å². The smallest absolute Gasteiger partial charge is 0.301 e. The Balaban J connectivity index is 1.52. The predicted molar refractivity (Wildman–Crippen MR) is 139 cm³/mol. The lowest BCUT2D eigenvalue weighted by Gasteiger charge is -2.23. The summed E-state index contributed by atoms with van der Waals surface area (Å²) in [6.07, 6.45) is 0.703. The molecule has 3 aromatic carbocycles. The summed E-state index contributed by atoms with van der Waals surface area (Å²) in [7, 11) is 1.57. The molecule has 4 aromatic rings. The van der Waals surface area contributed by atoms with Crippen LogP contribution in [0.5, 0.6) is 17.2 Å². The van der Waals surface area contributed by atoms with Crippen molar-refractivity contribution in [2.24, 2.45) is 0 Å². The number of aromatic hydroxyl groups is 1. The molecular weight excluding hydrogens is 492 g/mol. The van der Waals surface area contributed by atoms with Gasteiger partial charge in [0.15, 0.2) is 5.13 Å². The minimum Gasteiger partial charge on any atom is -0.508 e. The van der Waals surface area contributed by atoms with E-state index in [1.165, 1.54) is 28.4 Å². The van der Waals surface area contributed by atoms with Gasteiger partial charge in [0.1, 0.15) is 29.1 Å². The first-order chi connectivity index (χ1) is 17.8. The molecule has 8 nitrogen and oxygen atoms in total. The second-order valence-electron chi connectivity index (χ2n) is 9.05. The van der Waals surface area contributed by atoms with Gasteiger partial charge in [0, 0.05) is 12.0 Å². The SMILES string of the molecule is COc1ccc2nc(N3C(=O)C(=O)/C(=C(/O)c4ccc5c(c4)C[C@H](C)O5)[C@H]3c3ccc(O)cc3)sc2c1. The summed E-state index contributed by atoms with van der Waals surface area (Å²) in [5.74, 6) is -0.440. The Kier molecular flexibility index (Phi) is 5.38. The van der Waals surface area contributed by atoms with Gasteiger partial charge in [-0.25, -0.2) is 4.98 Å². The number of aromatic nitrogens is 1. The highest BCUT2D eigenvalue weighted by atomic mass is 32.1.